The van der Waals surface area contributed by atoms with Gasteiger partial charge in [-0.15, -0.1) is 0 Å². The Balaban J connectivity index is 2.54. The van der Waals surface area contributed by atoms with E-state index < -0.39 is 5.97 Å². The van der Waals surface area contributed by atoms with E-state index in [1.165, 1.54) is 6.20 Å². The first-order valence-electron chi connectivity index (χ1n) is 6.41. The van der Waals surface area contributed by atoms with Gasteiger partial charge in [-0.05, 0) is 13.8 Å². The number of carbonyl (C=O) groups excluding carboxylic acids is 1. The molecule has 0 saturated carbocycles. The average Bonchev–Trinajstić information content (AvgIpc) is 2.34. The SMILES string of the molecule is CCOC(=O)c1cnc(OCCNC(C)C)nc1C. The van der Waals surface area contributed by atoms with E-state index in [-0.39, 0.29) is 6.01 Å². The Labute approximate surface area is 113 Å². The highest BCUT2D eigenvalue weighted by Gasteiger charge is 2.12. The van der Waals surface area contributed by atoms with Crippen molar-refractivity contribution >= 4 is 5.97 Å². The first-order chi connectivity index (χ1) is 9.04. The van der Waals surface area contributed by atoms with Crippen molar-refractivity contribution < 1.29 is 14.3 Å². The fraction of sp³-hybridized carbons (Fsp3) is 0.615. The molecule has 6 heteroatoms. The molecule has 0 aliphatic heterocycles. The van der Waals surface area contributed by atoms with Gasteiger partial charge in [-0.2, -0.15) is 4.98 Å². The van der Waals surface area contributed by atoms with Gasteiger partial charge in [0, 0.05) is 18.8 Å². The minimum atomic E-state index is -0.409. The molecule has 1 aromatic rings. The first-order valence-corrected chi connectivity index (χ1v) is 6.41. The van der Waals surface area contributed by atoms with E-state index in [0.717, 1.165) is 6.54 Å². The third-order valence-corrected chi connectivity index (χ3v) is 2.34. The summed E-state index contributed by atoms with van der Waals surface area (Å²) in [5.41, 5.74) is 0.926. The number of carbonyl (C=O) groups is 1. The Morgan fingerprint density at radius 2 is 2.21 bits per heavy atom. The van der Waals surface area contributed by atoms with Crippen LogP contribution >= 0.6 is 0 Å². The number of nitrogens with one attached hydrogen (secondary N) is 1. The second-order valence-electron chi connectivity index (χ2n) is 4.33. The minimum Gasteiger partial charge on any atom is -0.462 e. The Bertz CT molecular complexity index is 422. The highest BCUT2D eigenvalue weighted by atomic mass is 16.5. The summed E-state index contributed by atoms with van der Waals surface area (Å²) in [7, 11) is 0. The summed E-state index contributed by atoms with van der Waals surface area (Å²) in [6, 6.07) is 0.688. The molecular weight excluding hydrogens is 246 g/mol. The van der Waals surface area contributed by atoms with Crippen molar-refractivity contribution in [1.29, 1.82) is 0 Å². The molecule has 0 bridgehead atoms. The van der Waals surface area contributed by atoms with Crippen molar-refractivity contribution in [2.45, 2.75) is 33.7 Å². The van der Waals surface area contributed by atoms with Gasteiger partial charge >= 0.3 is 12.0 Å². The van der Waals surface area contributed by atoms with Crippen molar-refractivity contribution in [1.82, 2.24) is 15.3 Å². The summed E-state index contributed by atoms with van der Waals surface area (Å²) < 4.78 is 10.3. The predicted molar refractivity (Wildman–Crippen MR) is 71.4 cm³/mol. The maximum absolute atomic E-state index is 11.6. The smallest absolute Gasteiger partial charge is 0.341 e. The summed E-state index contributed by atoms with van der Waals surface area (Å²) in [5.74, 6) is -0.409. The molecule has 19 heavy (non-hydrogen) atoms. The largest absolute Gasteiger partial charge is 0.462 e. The number of aromatic nitrogens is 2. The number of hydrogen-bond donors (Lipinski definition) is 1. The monoisotopic (exact) mass is 267 g/mol. The zero-order valence-electron chi connectivity index (χ0n) is 11.9. The summed E-state index contributed by atoms with van der Waals surface area (Å²) in [6.45, 7) is 9.15. The summed E-state index contributed by atoms with van der Waals surface area (Å²) >= 11 is 0. The summed E-state index contributed by atoms with van der Waals surface area (Å²) in [5, 5.41) is 3.22. The molecule has 0 saturated heterocycles. The third kappa shape index (κ3) is 5.21. The predicted octanol–water partition coefficient (Wildman–Crippen LogP) is 1.34. The molecule has 6 nitrogen and oxygen atoms in total. The summed E-state index contributed by atoms with van der Waals surface area (Å²) in [4.78, 5) is 19.7. The van der Waals surface area contributed by atoms with Gasteiger partial charge in [-0.1, -0.05) is 13.8 Å². The maximum atomic E-state index is 11.6. The van der Waals surface area contributed by atoms with E-state index in [1.54, 1.807) is 13.8 Å². The van der Waals surface area contributed by atoms with Crippen LogP contribution in [-0.4, -0.2) is 41.7 Å². The topological polar surface area (TPSA) is 73.3 Å². The van der Waals surface area contributed by atoms with E-state index in [0.29, 0.717) is 30.5 Å². The van der Waals surface area contributed by atoms with Crippen LogP contribution in [0.1, 0.15) is 36.8 Å². The normalized spacial score (nSPS) is 10.6. The van der Waals surface area contributed by atoms with Crippen LogP contribution in [0.25, 0.3) is 0 Å². The number of hydrogen-bond acceptors (Lipinski definition) is 6. The fourth-order valence-corrected chi connectivity index (χ4v) is 1.41. The van der Waals surface area contributed by atoms with E-state index in [9.17, 15) is 4.79 Å². The fourth-order valence-electron chi connectivity index (χ4n) is 1.41. The molecule has 106 valence electrons. The Kier molecular flexibility index (Phi) is 6.21. The van der Waals surface area contributed by atoms with Crippen molar-refractivity contribution in [3.8, 4) is 6.01 Å². The van der Waals surface area contributed by atoms with Gasteiger partial charge in [0.25, 0.3) is 0 Å². The first kappa shape index (κ1) is 15.4. The van der Waals surface area contributed by atoms with E-state index in [1.807, 2.05) is 0 Å². The van der Waals surface area contributed by atoms with Crippen LogP contribution in [0, 0.1) is 6.92 Å². The van der Waals surface area contributed by atoms with Gasteiger partial charge in [0.2, 0.25) is 0 Å². The molecule has 0 amide bonds. The lowest BCUT2D eigenvalue weighted by atomic mass is 10.2. The van der Waals surface area contributed by atoms with Gasteiger partial charge in [-0.3, -0.25) is 0 Å². The molecule has 0 aliphatic rings. The molecule has 0 aliphatic carbocycles. The maximum Gasteiger partial charge on any atom is 0.341 e. The van der Waals surface area contributed by atoms with Crippen LogP contribution in [0.15, 0.2) is 6.20 Å². The number of aryl methyl sites for hydroxylation is 1. The molecular formula is C13H21N3O3. The van der Waals surface area contributed by atoms with Gasteiger partial charge in [0.15, 0.2) is 0 Å². The van der Waals surface area contributed by atoms with Crippen LogP contribution in [0.2, 0.25) is 0 Å². The van der Waals surface area contributed by atoms with Crippen LogP contribution in [0.4, 0.5) is 0 Å². The molecule has 0 atom stereocenters. The van der Waals surface area contributed by atoms with E-state index >= 15 is 0 Å². The molecule has 1 aromatic heterocycles. The molecule has 0 aromatic carbocycles. The van der Waals surface area contributed by atoms with E-state index in [4.69, 9.17) is 9.47 Å². The lowest BCUT2D eigenvalue weighted by molar-refractivity contribution is 0.0524. The van der Waals surface area contributed by atoms with E-state index in [2.05, 4.69) is 29.1 Å². The van der Waals surface area contributed by atoms with Gasteiger partial charge < -0.3 is 14.8 Å². The van der Waals surface area contributed by atoms with Crippen molar-refractivity contribution in [2.75, 3.05) is 19.8 Å². The van der Waals surface area contributed by atoms with Crippen LogP contribution in [0.3, 0.4) is 0 Å². The second kappa shape index (κ2) is 7.68. The molecule has 1 heterocycles. The van der Waals surface area contributed by atoms with Gasteiger partial charge in [0.05, 0.1) is 17.9 Å². The van der Waals surface area contributed by atoms with Crippen molar-refractivity contribution in [2.24, 2.45) is 0 Å². The van der Waals surface area contributed by atoms with Crippen molar-refractivity contribution in [3.63, 3.8) is 0 Å². The van der Waals surface area contributed by atoms with Gasteiger partial charge in [-0.25, -0.2) is 9.78 Å². The molecule has 1 rings (SSSR count). The minimum absolute atomic E-state index is 0.274. The lowest BCUT2D eigenvalue weighted by Crippen LogP contribution is -2.27. The second-order valence-corrected chi connectivity index (χ2v) is 4.33. The lowest BCUT2D eigenvalue weighted by Gasteiger charge is -2.09. The molecule has 0 radical (unpaired) electrons. The quantitative estimate of drug-likeness (QED) is 0.593. The van der Waals surface area contributed by atoms with Crippen LogP contribution in [0.5, 0.6) is 6.01 Å². The number of rotatable bonds is 7. The number of esters is 1. The highest BCUT2D eigenvalue weighted by molar-refractivity contribution is 5.90. The molecule has 1 N–H and O–H groups in total. The highest BCUT2D eigenvalue weighted by Crippen LogP contribution is 2.09. The Hall–Kier alpha value is -1.69. The number of ether oxygens (including phenoxy) is 2. The zero-order valence-corrected chi connectivity index (χ0v) is 11.9. The zero-order chi connectivity index (χ0) is 14.3. The molecule has 0 unspecified atom stereocenters. The Morgan fingerprint density at radius 1 is 1.47 bits per heavy atom. The van der Waals surface area contributed by atoms with Crippen LogP contribution < -0.4 is 10.1 Å². The Morgan fingerprint density at radius 3 is 2.79 bits per heavy atom. The van der Waals surface area contributed by atoms with Gasteiger partial charge in [0.1, 0.15) is 6.61 Å². The average molecular weight is 267 g/mol. The molecule has 0 fully saturated rings. The third-order valence-electron chi connectivity index (χ3n) is 2.34. The van der Waals surface area contributed by atoms with Crippen LogP contribution in [-0.2, 0) is 4.74 Å². The standard InChI is InChI=1S/C13H21N3O3/c1-5-18-12(17)11-8-15-13(16-10(11)4)19-7-6-14-9(2)3/h8-9,14H,5-7H2,1-4H3. The van der Waals surface area contributed by atoms with Crippen molar-refractivity contribution in [3.05, 3.63) is 17.5 Å². The molecule has 0 spiro atoms. The number of nitrogens with zero attached hydrogens (tertiary/aromatic N) is 2. The summed E-state index contributed by atoms with van der Waals surface area (Å²) in [6.07, 6.45) is 1.44.